The number of halogens is 1. The molecule has 1 fully saturated rings. The molecule has 0 aromatic heterocycles. The molecule has 1 aliphatic heterocycles. The molecule has 2 atom stereocenters. The number of hydroxylamine groups is 2. The van der Waals surface area contributed by atoms with Crippen LogP contribution in [0.1, 0.15) is 43.4 Å². The van der Waals surface area contributed by atoms with Crippen LogP contribution in [0.15, 0.2) is 42.5 Å². The summed E-state index contributed by atoms with van der Waals surface area (Å²) in [5, 5.41) is 1.84. The number of unbranched alkanes of at least 4 members (excludes halogenated alkanes) is 1. The fraction of sp³-hybridized carbons (Fsp3) is 0.455. The molecule has 0 N–H and O–H groups in total. The maximum atomic E-state index is 13.0. The number of benzene rings is 2. The first-order chi connectivity index (χ1) is 13.6. The zero-order valence-electron chi connectivity index (χ0n) is 16.7. The fourth-order valence-electron chi connectivity index (χ4n) is 3.19. The lowest BCUT2D eigenvalue weighted by Crippen LogP contribution is -2.18. The predicted molar refractivity (Wildman–Crippen MR) is 105 cm³/mol. The van der Waals surface area contributed by atoms with Gasteiger partial charge in [-0.1, -0.05) is 31.5 Å². The molecule has 0 unspecified atom stereocenters. The van der Waals surface area contributed by atoms with E-state index in [1.54, 1.807) is 19.2 Å². The number of ether oxygens (including phenoxy) is 3. The van der Waals surface area contributed by atoms with Crippen molar-refractivity contribution in [3.63, 3.8) is 0 Å². The van der Waals surface area contributed by atoms with Gasteiger partial charge in [-0.15, -0.1) is 0 Å². The lowest BCUT2D eigenvalue weighted by Gasteiger charge is -2.19. The zero-order valence-corrected chi connectivity index (χ0v) is 16.7. The molecule has 3 rings (SSSR count). The van der Waals surface area contributed by atoms with Crippen molar-refractivity contribution < 1.29 is 23.4 Å². The average Bonchev–Trinajstić information content (AvgIpc) is 3.08. The maximum Gasteiger partial charge on any atom is 0.179 e. The Labute approximate surface area is 165 Å². The largest absolute Gasteiger partial charge is 0.493 e. The summed E-state index contributed by atoms with van der Waals surface area (Å²) in [7, 11) is 3.54. The van der Waals surface area contributed by atoms with Crippen molar-refractivity contribution in [1.29, 1.82) is 0 Å². The second-order valence-corrected chi connectivity index (χ2v) is 6.88. The fourth-order valence-corrected chi connectivity index (χ4v) is 3.19. The summed E-state index contributed by atoms with van der Waals surface area (Å²) in [5.41, 5.74) is 1.97. The van der Waals surface area contributed by atoms with Gasteiger partial charge in [0.1, 0.15) is 12.4 Å². The molecule has 0 radical (unpaired) electrons. The molecular formula is C22H28FNO4. The summed E-state index contributed by atoms with van der Waals surface area (Å²) >= 11 is 0. The van der Waals surface area contributed by atoms with Crippen LogP contribution in [0.2, 0.25) is 0 Å². The van der Waals surface area contributed by atoms with E-state index in [0.29, 0.717) is 24.7 Å². The van der Waals surface area contributed by atoms with Crippen molar-refractivity contribution in [2.24, 2.45) is 0 Å². The third kappa shape index (κ3) is 5.22. The Morgan fingerprint density at radius 3 is 2.64 bits per heavy atom. The van der Waals surface area contributed by atoms with Gasteiger partial charge >= 0.3 is 0 Å². The molecule has 2 aromatic rings. The van der Waals surface area contributed by atoms with Crippen LogP contribution in [0.4, 0.5) is 4.39 Å². The zero-order chi connectivity index (χ0) is 19.9. The van der Waals surface area contributed by atoms with Gasteiger partial charge in [0, 0.05) is 20.1 Å². The Balaban J connectivity index is 1.64. The second kappa shape index (κ2) is 9.87. The highest BCUT2D eigenvalue weighted by molar-refractivity contribution is 5.44. The Morgan fingerprint density at radius 1 is 1.14 bits per heavy atom. The minimum absolute atomic E-state index is 0.0895. The number of methoxy groups -OCH3 is 1. The SMILES string of the molecule is CCCCO[C@H]1C[C@@H](c2ccc(OCc3ccc(F)cc3)c(OC)c2)N(C)O1. The van der Waals surface area contributed by atoms with E-state index >= 15 is 0 Å². The van der Waals surface area contributed by atoms with Gasteiger partial charge in [0.2, 0.25) is 0 Å². The van der Waals surface area contributed by atoms with E-state index in [4.69, 9.17) is 19.0 Å². The van der Waals surface area contributed by atoms with Crippen LogP contribution in [0, 0.1) is 5.82 Å². The van der Waals surface area contributed by atoms with Crippen LogP contribution in [-0.4, -0.2) is 32.1 Å². The predicted octanol–water partition coefficient (Wildman–Crippen LogP) is 4.86. The molecule has 0 spiro atoms. The van der Waals surface area contributed by atoms with Crippen molar-refractivity contribution in [3.8, 4) is 11.5 Å². The van der Waals surface area contributed by atoms with Crippen molar-refractivity contribution in [1.82, 2.24) is 5.06 Å². The molecule has 1 saturated heterocycles. The minimum Gasteiger partial charge on any atom is -0.493 e. The first-order valence-electron chi connectivity index (χ1n) is 9.67. The number of rotatable bonds is 9. The van der Waals surface area contributed by atoms with Gasteiger partial charge in [0.15, 0.2) is 17.8 Å². The molecule has 28 heavy (non-hydrogen) atoms. The number of hydrogen-bond acceptors (Lipinski definition) is 5. The van der Waals surface area contributed by atoms with Crippen LogP contribution in [0.5, 0.6) is 11.5 Å². The third-order valence-electron chi connectivity index (χ3n) is 4.82. The van der Waals surface area contributed by atoms with E-state index in [2.05, 4.69) is 6.92 Å². The molecular weight excluding hydrogens is 361 g/mol. The summed E-state index contributed by atoms with van der Waals surface area (Å²) in [6.45, 7) is 3.19. The van der Waals surface area contributed by atoms with Crippen LogP contribution in [-0.2, 0) is 16.2 Å². The van der Waals surface area contributed by atoms with Crippen LogP contribution < -0.4 is 9.47 Å². The lowest BCUT2D eigenvalue weighted by molar-refractivity contribution is -0.229. The van der Waals surface area contributed by atoms with Crippen LogP contribution >= 0.6 is 0 Å². The van der Waals surface area contributed by atoms with E-state index in [1.807, 2.05) is 30.3 Å². The van der Waals surface area contributed by atoms with E-state index in [-0.39, 0.29) is 18.1 Å². The summed E-state index contributed by atoms with van der Waals surface area (Å²) in [6.07, 6.45) is 2.67. The Kier molecular flexibility index (Phi) is 7.25. The average molecular weight is 389 g/mol. The Morgan fingerprint density at radius 2 is 1.93 bits per heavy atom. The summed E-state index contributed by atoms with van der Waals surface area (Å²) in [5.74, 6) is 1.04. The molecule has 0 amide bonds. The van der Waals surface area contributed by atoms with Crippen molar-refractivity contribution in [3.05, 3.63) is 59.4 Å². The quantitative estimate of drug-likeness (QED) is 0.573. The monoisotopic (exact) mass is 389 g/mol. The highest BCUT2D eigenvalue weighted by atomic mass is 19.1. The lowest BCUT2D eigenvalue weighted by atomic mass is 10.0. The van der Waals surface area contributed by atoms with Gasteiger partial charge in [0.25, 0.3) is 0 Å². The van der Waals surface area contributed by atoms with E-state index in [1.165, 1.54) is 12.1 Å². The normalized spacial score (nSPS) is 19.7. The maximum absolute atomic E-state index is 13.0. The highest BCUT2D eigenvalue weighted by Gasteiger charge is 2.33. The van der Waals surface area contributed by atoms with Gasteiger partial charge < -0.3 is 14.2 Å². The molecule has 0 saturated carbocycles. The number of hydrogen-bond donors (Lipinski definition) is 0. The molecule has 1 aliphatic rings. The van der Waals surface area contributed by atoms with Gasteiger partial charge in [-0.25, -0.2) is 4.39 Å². The van der Waals surface area contributed by atoms with Gasteiger partial charge in [-0.05, 0) is 41.8 Å². The van der Waals surface area contributed by atoms with Gasteiger partial charge in [-0.2, -0.15) is 5.06 Å². The first kappa shape index (κ1) is 20.6. The second-order valence-electron chi connectivity index (χ2n) is 6.88. The first-order valence-corrected chi connectivity index (χ1v) is 9.67. The molecule has 152 valence electrons. The molecule has 6 heteroatoms. The summed E-state index contributed by atoms with van der Waals surface area (Å²) < 4.78 is 30.2. The van der Waals surface area contributed by atoms with Crippen LogP contribution in [0.3, 0.4) is 0 Å². The smallest absolute Gasteiger partial charge is 0.179 e. The van der Waals surface area contributed by atoms with E-state index in [0.717, 1.165) is 30.4 Å². The minimum atomic E-state index is -0.259. The Bertz CT molecular complexity index is 753. The van der Waals surface area contributed by atoms with Gasteiger partial charge in [-0.3, -0.25) is 4.84 Å². The van der Waals surface area contributed by atoms with Crippen molar-refractivity contribution in [2.75, 3.05) is 20.8 Å². The van der Waals surface area contributed by atoms with E-state index < -0.39 is 0 Å². The standard InChI is InChI=1S/C22H28FNO4/c1-4-5-12-26-22-14-19(24(2)28-22)17-8-11-20(21(13-17)25-3)27-15-16-6-9-18(23)10-7-16/h6-11,13,19,22H,4-5,12,14-15H2,1-3H3/t19-,22+/m0/s1. The molecule has 0 aliphatic carbocycles. The van der Waals surface area contributed by atoms with Crippen molar-refractivity contribution >= 4 is 0 Å². The van der Waals surface area contributed by atoms with Gasteiger partial charge in [0.05, 0.1) is 13.2 Å². The summed E-state index contributed by atoms with van der Waals surface area (Å²) in [4.78, 5) is 5.80. The molecule has 0 bridgehead atoms. The van der Waals surface area contributed by atoms with Crippen LogP contribution in [0.25, 0.3) is 0 Å². The Hall–Kier alpha value is -2.15. The van der Waals surface area contributed by atoms with E-state index in [9.17, 15) is 4.39 Å². The van der Waals surface area contributed by atoms with Crippen molar-refractivity contribution in [2.45, 2.75) is 45.1 Å². The third-order valence-corrected chi connectivity index (χ3v) is 4.82. The number of nitrogens with zero attached hydrogens (tertiary/aromatic N) is 1. The topological polar surface area (TPSA) is 40.2 Å². The summed E-state index contributed by atoms with van der Waals surface area (Å²) in [6, 6.07) is 12.2. The highest BCUT2D eigenvalue weighted by Crippen LogP contribution is 2.37. The molecule has 2 aromatic carbocycles. The molecule has 5 nitrogen and oxygen atoms in total. The molecule has 1 heterocycles.